The van der Waals surface area contributed by atoms with Gasteiger partial charge in [0.25, 0.3) is 11.5 Å². The second kappa shape index (κ2) is 34.2. The summed E-state index contributed by atoms with van der Waals surface area (Å²) in [7, 11) is 1.68. The summed E-state index contributed by atoms with van der Waals surface area (Å²) >= 11 is 0. The molecule has 0 saturated heterocycles. The molecule has 0 aliphatic carbocycles. The summed E-state index contributed by atoms with van der Waals surface area (Å²) in [4.78, 5) is 210. The summed E-state index contributed by atoms with van der Waals surface area (Å²) in [6, 6.07) is -8.24. The van der Waals surface area contributed by atoms with Gasteiger partial charge in [0, 0.05) is 76.3 Å². The Hall–Kier alpha value is -10.7. The van der Waals surface area contributed by atoms with Crippen LogP contribution in [-0.4, -0.2) is 208 Å². The van der Waals surface area contributed by atoms with E-state index in [1.807, 2.05) is 5.32 Å². The summed E-state index contributed by atoms with van der Waals surface area (Å²) in [6.45, 7) is 0.631. The molecule has 37 nitrogen and oxygen atoms in total. The Morgan fingerprint density at radius 2 is 0.793 bits per heavy atom. The number of amides is 7. The van der Waals surface area contributed by atoms with Crippen molar-refractivity contribution in [2.45, 2.75) is 138 Å². The lowest BCUT2D eigenvalue weighted by Gasteiger charge is -2.35. The maximum absolute atomic E-state index is 14.0. The summed E-state index contributed by atoms with van der Waals surface area (Å²) in [6.07, 6.45) is -11.3. The van der Waals surface area contributed by atoms with Crippen molar-refractivity contribution >= 4 is 112 Å². The van der Waals surface area contributed by atoms with E-state index >= 15 is 0 Å². The van der Waals surface area contributed by atoms with E-state index in [0.717, 1.165) is 0 Å². The number of carboxylic acids is 8. The van der Waals surface area contributed by atoms with E-state index in [1.54, 1.807) is 11.9 Å². The number of aromatic amines is 1. The highest BCUT2D eigenvalue weighted by Gasteiger charge is 2.36. The van der Waals surface area contributed by atoms with Gasteiger partial charge in [0.2, 0.25) is 41.4 Å². The van der Waals surface area contributed by atoms with Crippen LogP contribution in [0.25, 0.3) is 0 Å². The first-order valence-electron chi connectivity index (χ1n) is 26.4. The SMILES string of the molecule is CN1c2c(nc(N)[nH]c2=O)NCC1CNc1ccc(C(=O)N[C@@H](CCC(=O)O)C(=O)N[C@@H](CCC(=O)O)C(=O)N[C@@H](CCC(=O)O)C(=O)N[C@@H](CCC(=O)O)C(=O)N[C@@H](CCC(=O)O)C(=O)N[C@@H](CCC(=O)O)C(=O)N[C@@H](CCC(=O)O)C(=O)O)cc1. The molecule has 7 amide bonds. The van der Waals surface area contributed by atoms with Gasteiger partial charge in [-0.15, -0.1) is 0 Å². The number of fused-ring (bicyclic) bond motifs is 1. The zero-order valence-electron chi connectivity index (χ0n) is 46.3. The highest BCUT2D eigenvalue weighted by atomic mass is 16.4. The van der Waals surface area contributed by atoms with E-state index in [9.17, 15) is 112 Å². The topological polar surface area (TPSA) is 601 Å². The van der Waals surface area contributed by atoms with Crippen molar-refractivity contribution in [1.29, 1.82) is 0 Å². The van der Waals surface area contributed by atoms with Crippen LogP contribution in [0.15, 0.2) is 29.1 Å². The first kappa shape index (κ1) is 70.6. The number of aliphatic carboxylic acids is 8. The molecule has 476 valence electrons. The fourth-order valence-electron chi connectivity index (χ4n) is 8.27. The lowest BCUT2D eigenvalue weighted by atomic mass is 10.0. The number of rotatable bonds is 39. The van der Waals surface area contributed by atoms with Crippen LogP contribution in [0.1, 0.15) is 100 Å². The molecule has 3 rings (SSSR count). The number of nitrogen functional groups attached to an aromatic ring is 1. The van der Waals surface area contributed by atoms with Gasteiger partial charge in [-0.1, -0.05) is 0 Å². The lowest BCUT2D eigenvalue weighted by Crippen LogP contribution is -2.60. The van der Waals surface area contributed by atoms with Crippen molar-refractivity contribution < 1.29 is 113 Å². The van der Waals surface area contributed by atoms with Gasteiger partial charge < -0.3 is 99.3 Å². The number of nitrogens with two attached hydrogens (primary N) is 1. The predicted molar refractivity (Wildman–Crippen MR) is 293 cm³/mol. The maximum Gasteiger partial charge on any atom is 0.326 e. The molecule has 1 aromatic heterocycles. The van der Waals surface area contributed by atoms with Crippen molar-refractivity contribution in [3.05, 3.63) is 40.2 Å². The number of carboxylic acid groups (broad SMARTS) is 8. The lowest BCUT2D eigenvalue weighted by molar-refractivity contribution is -0.144. The minimum atomic E-state index is -2.06. The van der Waals surface area contributed by atoms with Gasteiger partial charge >= 0.3 is 47.8 Å². The smallest absolute Gasteiger partial charge is 0.326 e. The van der Waals surface area contributed by atoms with Crippen LogP contribution in [0, 0.1) is 0 Å². The molecule has 8 atom stereocenters. The molecule has 20 N–H and O–H groups in total. The number of likely N-dealkylation sites (N-methyl/N-ethyl adjacent to an activating group) is 1. The number of hydrogen-bond acceptors (Lipinski definition) is 21. The average Bonchev–Trinajstić information content (AvgIpc) is 3.03. The third-order valence-corrected chi connectivity index (χ3v) is 12.9. The molecule has 0 spiro atoms. The summed E-state index contributed by atoms with van der Waals surface area (Å²) < 4.78 is 0. The van der Waals surface area contributed by atoms with E-state index < -0.39 is 227 Å². The fraction of sp³-hybridized carbons (Fsp3) is 0.500. The first-order valence-corrected chi connectivity index (χ1v) is 26.4. The van der Waals surface area contributed by atoms with E-state index in [0.29, 0.717) is 18.1 Å². The normalized spacial score (nSPS) is 14.8. The largest absolute Gasteiger partial charge is 0.481 e. The molecular formula is C50H67N13O24. The number of hydrogen-bond donors (Lipinski definition) is 19. The van der Waals surface area contributed by atoms with E-state index in [-0.39, 0.29) is 29.8 Å². The molecule has 37 heteroatoms. The molecule has 1 aromatic carbocycles. The second-order valence-corrected chi connectivity index (χ2v) is 19.5. The number of carbonyl (C=O) groups excluding carboxylic acids is 7. The zero-order valence-corrected chi connectivity index (χ0v) is 46.3. The molecule has 87 heavy (non-hydrogen) atoms. The van der Waals surface area contributed by atoms with Crippen molar-refractivity contribution in [2.75, 3.05) is 41.4 Å². The first-order chi connectivity index (χ1) is 40.8. The Labute approximate surface area is 491 Å². The summed E-state index contributed by atoms with van der Waals surface area (Å²) in [5, 5.41) is 96.4. The number of nitrogens with one attached hydrogen (secondary N) is 10. The highest BCUT2D eigenvalue weighted by Crippen LogP contribution is 2.25. The third-order valence-electron chi connectivity index (χ3n) is 12.9. The monoisotopic (exact) mass is 1230 g/mol. The van der Waals surface area contributed by atoms with Gasteiger partial charge in [0.15, 0.2) is 5.82 Å². The molecule has 1 unspecified atom stereocenters. The Morgan fingerprint density at radius 1 is 0.494 bits per heavy atom. The molecule has 0 fully saturated rings. The number of nitrogens with zero attached hydrogens (tertiary/aromatic N) is 2. The Morgan fingerprint density at radius 3 is 1.10 bits per heavy atom. The molecule has 0 saturated carbocycles. The molecule has 2 heterocycles. The molecule has 0 bridgehead atoms. The quantitative estimate of drug-likeness (QED) is 0.0302. The Bertz CT molecular complexity index is 2980. The molecule has 2 aromatic rings. The van der Waals surface area contributed by atoms with Gasteiger partial charge in [-0.25, -0.2) is 4.79 Å². The van der Waals surface area contributed by atoms with E-state index in [4.69, 9.17) is 10.8 Å². The zero-order chi connectivity index (χ0) is 65.2. The maximum atomic E-state index is 14.0. The molecule has 1 aliphatic rings. The van der Waals surface area contributed by atoms with Crippen molar-refractivity contribution in [2.24, 2.45) is 0 Å². The van der Waals surface area contributed by atoms with Gasteiger partial charge in [-0.2, -0.15) is 4.98 Å². The number of aromatic nitrogens is 2. The summed E-state index contributed by atoms with van der Waals surface area (Å²) in [5.41, 5.74) is 5.88. The molecule has 0 radical (unpaired) electrons. The van der Waals surface area contributed by atoms with Crippen LogP contribution in [-0.2, 0) is 67.1 Å². The standard InChI is InChI=1S/C50H67N13O24/c1-63-24(21-53-40-39(63)48(85)62-50(51)61-40)20-52-23-4-2-22(3-5-23)41(78)54-25(6-13-32(64)65)42(79)55-26(7-14-33(66)67)43(80)56-27(8-15-34(68)69)44(81)57-28(9-16-35(70)71)45(82)58-29(10-17-36(72)73)46(83)59-30(11-18-37(74)75)47(84)60-31(49(86)87)12-19-38(76)77/h2-5,24-31,52H,6-21H2,1H3,(H,54,78)(H,55,79)(H,56,80)(H,57,81)(H,58,82)(H,59,83)(H,60,84)(H,64,65)(H,66,67)(H,68,69)(H,70,71)(H,72,73)(H,74,75)(H,76,77)(H,86,87)(H4,51,53,61,62,85)/t24?,25-,26-,27-,28-,29-,30-,31-/m0/s1. The van der Waals surface area contributed by atoms with Crippen molar-refractivity contribution in [3.8, 4) is 0 Å². The highest BCUT2D eigenvalue weighted by molar-refractivity contribution is 6.00. The second-order valence-electron chi connectivity index (χ2n) is 19.5. The van der Waals surface area contributed by atoms with Crippen LogP contribution in [0.4, 0.5) is 23.1 Å². The van der Waals surface area contributed by atoms with Gasteiger partial charge in [0.1, 0.15) is 48.0 Å². The minimum Gasteiger partial charge on any atom is -0.481 e. The van der Waals surface area contributed by atoms with Crippen LogP contribution in [0.5, 0.6) is 0 Å². The van der Waals surface area contributed by atoms with Crippen molar-refractivity contribution in [1.82, 2.24) is 47.2 Å². The summed E-state index contributed by atoms with van der Waals surface area (Å²) in [5.74, 6) is -21.4. The number of carbonyl (C=O) groups is 15. The number of benzene rings is 1. The third kappa shape index (κ3) is 24.6. The predicted octanol–water partition coefficient (Wildman–Crippen LogP) is -4.16. The minimum absolute atomic E-state index is 0.0534. The average molecular weight is 1230 g/mol. The van der Waals surface area contributed by atoms with Crippen LogP contribution >= 0.6 is 0 Å². The van der Waals surface area contributed by atoms with Gasteiger partial charge in [0.05, 0.1) is 6.04 Å². The van der Waals surface area contributed by atoms with Crippen LogP contribution in [0.2, 0.25) is 0 Å². The molecular weight excluding hydrogens is 1170 g/mol. The van der Waals surface area contributed by atoms with E-state index in [2.05, 4.69) is 52.5 Å². The van der Waals surface area contributed by atoms with Gasteiger partial charge in [-0.3, -0.25) is 76.9 Å². The Kier molecular flexibility index (Phi) is 27.8. The van der Waals surface area contributed by atoms with Crippen molar-refractivity contribution in [3.63, 3.8) is 0 Å². The fourth-order valence-corrected chi connectivity index (χ4v) is 8.27. The number of H-pyrrole nitrogens is 1. The Balaban J connectivity index is 1.87. The van der Waals surface area contributed by atoms with Crippen LogP contribution < -0.4 is 64.0 Å². The van der Waals surface area contributed by atoms with Gasteiger partial charge in [-0.05, 0) is 69.2 Å². The number of anilines is 4. The van der Waals surface area contributed by atoms with Crippen LogP contribution in [0.3, 0.4) is 0 Å². The molecule has 1 aliphatic heterocycles. The van der Waals surface area contributed by atoms with E-state index in [1.165, 1.54) is 24.3 Å².